The third-order valence-corrected chi connectivity index (χ3v) is 1.68. The first-order chi connectivity index (χ1) is 6.09. The molecule has 0 atom stereocenters. The minimum absolute atomic E-state index is 0.0641. The molecular formula is C9H12N2O2. The van der Waals surface area contributed by atoms with Crippen LogP contribution in [0.4, 0.5) is 0 Å². The van der Waals surface area contributed by atoms with E-state index in [0.717, 1.165) is 5.56 Å². The van der Waals surface area contributed by atoms with Crippen LogP contribution in [0.2, 0.25) is 0 Å². The van der Waals surface area contributed by atoms with Gasteiger partial charge in [-0.15, -0.1) is 0 Å². The molecule has 70 valence electrons. The van der Waals surface area contributed by atoms with E-state index in [9.17, 15) is 9.59 Å². The van der Waals surface area contributed by atoms with Gasteiger partial charge >= 0.3 is 0 Å². The van der Waals surface area contributed by atoms with E-state index in [2.05, 4.69) is 5.10 Å². The molecule has 4 heteroatoms. The van der Waals surface area contributed by atoms with Gasteiger partial charge in [-0.1, -0.05) is 0 Å². The van der Waals surface area contributed by atoms with E-state index < -0.39 is 0 Å². The maximum atomic E-state index is 11.2. The lowest BCUT2D eigenvalue weighted by molar-refractivity contribution is -0.117. The first-order valence-corrected chi connectivity index (χ1v) is 4.13. The van der Waals surface area contributed by atoms with Gasteiger partial charge in [0.05, 0.1) is 12.7 Å². The summed E-state index contributed by atoms with van der Waals surface area (Å²) in [6.07, 6.45) is 1.97. The Bertz CT molecular complexity index is 368. The number of hydrogen-bond donors (Lipinski definition) is 0. The molecule has 0 aliphatic heterocycles. The van der Waals surface area contributed by atoms with Crippen molar-refractivity contribution in [3.63, 3.8) is 0 Å². The van der Waals surface area contributed by atoms with Gasteiger partial charge in [0.15, 0.2) is 0 Å². The predicted octanol–water partition coefficient (Wildman–Crippen LogP) is 0.531. The number of carbonyl (C=O) groups is 1. The second-order valence-corrected chi connectivity index (χ2v) is 3.05. The topological polar surface area (TPSA) is 52.0 Å². The average Bonchev–Trinajstić information content (AvgIpc) is 2.02. The highest BCUT2D eigenvalue weighted by Gasteiger charge is 1.99. The van der Waals surface area contributed by atoms with E-state index >= 15 is 0 Å². The minimum Gasteiger partial charge on any atom is -0.300 e. The van der Waals surface area contributed by atoms with E-state index in [-0.39, 0.29) is 11.3 Å². The quantitative estimate of drug-likeness (QED) is 0.681. The molecule has 0 unspecified atom stereocenters. The maximum Gasteiger partial charge on any atom is 0.266 e. The Kier molecular flexibility index (Phi) is 2.95. The van der Waals surface area contributed by atoms with Crippen molar-refractivity contribution in [2.45, 2.75) is 26.8 Å². The van der Waals surface area contributed by atoms with Crippen molar-refractivity contribution in [2.24, 2.45) is 0 Å². The summed E-state index contributed by atoms with van der Waals surface area (Å²) < 4.78 is 1.30. The van der Waals surface area contributed by atoms with Crippen molar-refractivity contribution in [1.82, 2.24) is 9.78 Å². The second-order valence-electron chi connectivity index (χ2n) is 3.05. The van der Waals surface area contributed by atoms with Crippen LogP contribution >= 0.6 is 0 Å². The van der Waals surface area contributed by atoms with Crippen LogP contribution < -0.4 is 5.56 Å². The van der Waals surface area contributed by atoms with Gasteiger partial charge in [-0.05, 0) is 19.4 Å². The monoisotopic (exact) mass is 180 g/mol. The summed E-state index contributed by atoms with van der Waals surface area (Å²) in [7, 11) is 0. The highest BCUT2D eigenvalue weighted by Crippen LogP contribution is 1.89. The summed E-state index contributed by atoms with van der Waals surface area (Å²) in [4.78, 5) is 21.9. The number of Topliss-reactive ketones (excluding diaryl/α,β-unsaturated/α-hetero) is 1. The number of aryl methyl sites for hydroxylation is 2. The molecule has 0 radical (unpaired) electrons. The molecule has 1 rings (SSSR count). The van der Waals surface area contributed by atoms with E-state index in [0.29, 0.717) is 13.0 Å². The molecule has 0 amide bonds. The van der Waals surface area contributed by atoms with Crippen molar-refractivity contribution in [3.05, 3.63) is 28.2 Å². The minimum atomic E-state index is -0.152. The predicted molar refractivity (Wildman–Crippen MR) is 48.5 cm³/mol. The molecule has 1 heterocycles. The molecule has 0 bridgehead atoms. The van der Waals surface area contributed by atoms with Crippen LogP contribution in [-0.2, 0) is 11.3 Å². The van der Waals surface area contributed by atoms with Crippen LogP contribution in [0.15, 0.2) is 17.1 Å². The molecule has 4 nitrogen and oxygen atoms in total. The van der Waals surface area contributed by atoms with Crippen LogP contribution in [0.5, 0.6) is 0 Å². The smallest absolute Gasteiger partial charge is 0.266 e. The van der Waals surface area contributed by atoms with Crippen molar-refractivity contribution in [1.29, 1.82) is 0 Å². The molecule has 0 N–H and O–H groups in total. The Morgan fingerprint density at radius 2 is 2.31 bits per heavy atom. The van der Waals surface area contributed by atoms with Crippen molar-refractivity contribution in [2.75, 3.05) is 0 Å². The molecule has 1 aromatic rings. The summed E-state index contributed by atoms with van der Waals surface area (Å²) in [5.74, 6) is 0.0641. The van der Waals surface area contributed by atoms with Crippen molar-refractivity contribution in [3.8, 4) is 0 Å². The summed E-state index contributed by atoms with van der Waals surface area (Å²) >= 11 is 0. The lowest BCUT2D eigenvalue weighted by atomic mass is 10.3. The molecule has 13 heavy (non-hydrogen) atoms. The lowest BCUT2D eigenvalue weighted by Gasteiger charge is -2.01. The largest absolute Gasteiger partial charge is 0.300 e. The first-order valence-electron chi connectivity index (χ1n) is 4.13. The van der Waals surface area contributed by atoms with Crippen LogP contribution in [0, 0.1) is 6.92 Å². The zero-order valence-corrected chi connectivity index (χ0v) is 7.78. The lowest BCUT2D eigenvalue weighted by Crippen LogP contribution is -2.23. The van der Waals surface area contributed by atoms with E-state index in [1.807, 2.05) is 6.92 Å². The number of nitrogens with zero attached hydrogens (tertiary/aromatic N) is 2. The normalized spacial score (nSPS) is 10.0. The van der Waals surface area contributed by atoms with Crippen LogP contribution in [0.25, 0.3) is 0 Å². The molecule has 0 aliphatic carbocycles. The van der Waals surface area contributed by atoms with Crippen molar-refractivity contribution < 1.29 is 4.79 Å². The fourth-order valence-corrected chi connectivity index (χ4v) is 0.955. The fraction of sp³-hybridized carbons (Fsp3) is 0.444. The Balaban J connectivity index is 2.78. The molecular weight excluding hydrogens is 168 g/mol. The standard InChI is InChI=1S/C9H12N2O2/c1-7-5-9(13)11(10-6-7)4-3-8(2)12/h5-6H,3-4H2,1-2H3. The summed E-state index contributed by atoms with van der Waals surface area (Å²) in [5.41, 5.74) is 0.685. The zero-order chi connectivity index (χ0) is 9.84. The average molecular weight is 180 g/mol. The molecule has 1 aromatic heterocycles. The molecule has 0 saturated carbocycles. The zero-order valence-electron chi connectivity index (χ0n) is 7.78. The van der Waals surface area contributed by atoms with E-state index in [1.165, 1.54) is 17.7 Å². The first kappa shape index (κ1) is 9.64. The van der Waals surface area contributed by atoms with Crippen LogP contribution in [-0.4, -0.2) is 15.6 Å². The number of aromatic nitrogens is 2. The van der Waals surface area contributed by atoms with Gasteiger partial charge in [0, 0.05) is 12.5 Å². The molecule has 0 saturated heterocycles. The van der Waals surface area contributed by atoms with Gasteiger partial charge in [-0.3, -0.25) is 9.59 Å². The van der Waals surface area contributed by atoms with Gasteiger partial charge in [-0.25, -0.2) is 4.68 Å². The highest BCUT2D eigenvalue weighted by molar-refractivity contribution is 5.75. The molecule has 0 aromatic carbocycles. The maximum absolute atomic E-state index is 11.2. The molecule has 0 aliphatic rings. The van der Waals surface area contributed by atoms with Gasteiger partial charge < -0.3 is 0 Å². The van der Waals surface area contributed by atoms with Crippen LogP contribution in [0.1, 0.15) is 18.9 Å². The number of ketones is 1. The van der Waals surface area contributed by atoms with Gasteiger partial charge in [-0.2, -0.15) is 5.10 Å². The second kappa shape index (κ2) is 3.98. The number of carbonyl (C=O) groups excluding carboxylic acids is 1. The highest BCUT2D eigenvalue weighted by atomic mass is 16.1. The van der Waals surface area contributed by atoms with E-state index in [1.54, 1.807) is 6.20 Å². The Labute approximate surface area is 76.2 Å². The summed E-state index contributed by atoms with van der Waals surface area (Å²) in [5, 5.41) is 3.90. The van der Waals surface area contributed by atoms with Gasteiger partial charge in [0.1, 0.15) is 5.78 Å². The number of hydrogen-bond acceptors (Lipinski definition) is 3. The number of rotatable bonds is 3. The Hall–Kier alpha value is -1.45. The van der Waals surface area contributed by atoms with Crippen molar-refractivity contribution >= 4 is 5.78 Å². The summed E-state index contributed by atoms with van der Waals surface area (Å²) in [6.45, 7) is 3.68. The Morgan fingerprint density at radius 1 is 1.62 bits per heavy atom. The van der Waals surface area contributed by atoms with Gasteiger partial charge in [0.2, 0.25) is 0 Å². The van der Waals surface area contributed by atoms with Gasteiger partial charge in [0.25, 0.3) is 5.56 Å². The van der Waals surface area contributed by atoms with E-state index in [4.69, 9.17) is 0 Å². The fourth-order valence-electron chi connectivity index (χ4n) is 0.955. The molecule has 0 fully saturated rings. The Morgan fingerprint density at radius 3 is 2.85 bits per heavy atom. The third kappa shape index (κ3) is 2.82. The third-order valence-electron chi connectivity index (χ3n) is 1.68. The van der Waals surface area contributed by atoms with Crippen LogP contribution in [0.3, 0.4) is 0 Å². The summed E-state index contributed by atoms with van der Waals surface area (Å²) in [6, 6.07) is 1.51. The SMILES string of the molecule is CC(=O)CCn1ncc(C)cc1=O. The molecule has 0 spiro atoms.